The van der Waals surface area contributed by atoms with E-state index in [2.05, 4.69) is 4.98 Å². The summed E-state index contributed by atoms with van der Waals surface area (Å²) < 4.78 is 0. The lowest BCUT2D eigenvalue weighted by Crippen LogP contribution is -2.53. The van der Waals surface area contributed by atoms with E-state index in [0.29, 0.717) is 19.4 Å². The molecular formula is C12H21N3OS. The third kappa shape index (κ3) is 3.04. The lowest BCUT2D eigenvalue weighted by molar-refractivity contribution is -0.136. The van der Waals surface area contributed by atoms with E-state index in [4.69, 9.17) is 5.73 Å². The second kappa shape index (κ2) is 5.60. The van der Waals surface area contributed by atoms with E-state index in [9.17, 15) is 4.79 Å². The van der Waals surface area contributed by atoms with Gasteiger partial charge in [0.05, 0.1) is 23.3 Å². The molecule has 5 heteroatoms. The third-order valence-corrected chi connectivity index (χ3v) is 4.18. The second-order valence-electron chi connectivity index (χ2n) is 4.39. The van der Waals surface area contributed by atoms with Crippen LogP contribution < -0.4 is 5.73 Å². The Bertz CT molecular complexity index is 385. The highest BCUT2D eigenvalue weighted by molar-refractivity contribution is 7.09. The summed E-state index contributed by atoms with van der Waals surface area (Å²) in [5, 5.41) is 0. The zero-order valence-electron chi connectivity index (χ0n) is 11.0. The van der Waals surface area contributed by atoms with E-state index >= 15 is 0 Å². The molecule has 0 aliphatic rings. The van der Waals surface area contributed by atoms with Crippen LogP contribution in [0.25, 0.3) is 0 Å². The Morgan fingerprint density at radius 1 is 1.53 bits per heavy atom. The summed E-state index contributed by atoms with van der Waals surface area (Å²) in [5.41, 5.74) is 8.17. The number of nitrogens with two attached hydrogens (primary N) is 1. The lowest BCUT2D eigenvalue weighted by Gasteiger charge is -2.30. The fourth-order valence-electron chi connectivity index (χ4n) is 1.70. The topological polar surface area (TPSA) is 59.2 Å². The van der Waals surface area contributed by atoms with Gasteiger partial charge in [-0.3, -0.25) is 4.79 Å². The minimum absolute atomic E-state index is 0.00954. The molecule has 0 aliphatic carbocycles. The van der Waals surface area contributed by atoms with Crippen LogP contribution in [0.15, 0.2) is 5.51 Å². The number of hydrogen-bond donors (Lipinski definition) is 1. The minimum Gasteiger partial charge on any atom is -0.339 e. The van der Waals surface area contributed by atoms with Crippen LogP contribution in [0.2, 0.25) is 0 Å². The van der Waals surface area contributed by atoms with Gasteiger partial charge in [-0.15, -0.1) is 11.3 Å². The van der Waals surface area contributed by atoms with Crippen LogP contribution in [0.4, 0.5) is 0 Å². The first-order valence-electron chi connectivity index (χ1n) is 5.88. The summed E-state index contributed by atoms with van der Waals surface area (Å²) in [4.78, 5) is 19.3. The van der Waals surface area contributed by atoms with Crippen LogP contribution in [0.5, 0.6) is 0 Å². The van der Waals surface area contributed by atoms with Gasteiger partial charge in [0.2, 0.25) is 5.91 Å². The number of likely N-dealkylation sites (N-methyl/N-ethyl adjacent to an activating group) is 1. The van der Waals surface area contributed by atoms with Crippen LogP contribution in [-0.4, -0.2) is 28.4 Å². The molecule has 1 amide bonds. The van der Waals surface area contributed by atoms with E-state index in [0.717, 1.165) is 10.6 Å². The Labute approximate surface area is 107 Å². The summed E-state index contributed by atoms with van der Waals surface area (Å²) in [6.45, 7) is 6.45. The van der Waals surface area contributed by atoms with Crippen molar-refractivity contribution in [3.8, 4) is 0 Å². The predicted molar refractivity (Wildman–Crippen MR) is 70.8 cm³/mol. The monoisotopic (exact) mass is 255 g/mol. The van der Waals surface area contributed by atoms with Gasteiger partial charge in [-0.2, -0.15) is 0 Å². The zero-order valence-corrected chi connectivity index (χ0v) is 11.8. The molecule has 0 fully saturated rings. The summed E-state index contributed by atoms with van der Waals surface area (Å²) in [6.07, 6.45) is 1.32. The molecule has 0 spiro atoms. The first-order chi connectivity index (χ1) is 7.94. The van der Waals surface area contributed by atoms with Gasteiger partial charge in [0.15, 0.2) is 0 Å². The summed E-state index contributed by atoms with van der Waals surface area (Å²) in [5.74, 6) is 0.00954. The van der Waals surface area contributed by atoms with Gasteiger partial charge in [-0.1, -0.05) is 13.8 Å². The molecule has 0 aromatic carbocycles. The van der Waals surface area contributed by atoms with Gasteiger partial charge in [0.25, 0.3) is 0 Å². The molecule has 2 N–H and O–H groups in total. The van der Waals surface area contributed by atoms with Gasteiger partial charge in [-0.05, 0) is 19.8 Å². The Morgan fingerprint density at radius 2 is 2.12 bits per heavy atom. The SMILES string of the molecule is CCC(N)(CC)C(=O)N(C)Cc1scnc1C. The predicted octanol–water partition coefficient (Wildman–Crippen LogP) is 1.93. The molecule has 17 heavy (non-hydrogen) atoms. The van der Waals surface area contributed by atoms with Gasteiger partial charge in [0.1, 0.15) is 0 Å². The number of hydrogen-bond acceptors (Lipinski definition) is 4. The normalized spacial score (nSPS) is 11.6. The highest BCUT2D eigenvalue weighted by Gasteiger charge is 2.32. The van der Waals surface area contributed by atoms with Crippen molar-refractivity contribution in [3.05, 3.63) is 16.1 Å². The molecule has 1 aromatic heterocycles. The fourth-order valence-corrected chi connectivity index (χ4v) is 2.53. The molecule has 0 saturated carbocycles. The average Bonchev–Trinajstić information content (AvgIpc) is 2.73. The van der Waals surface area contributed by atoms with E-state index in [1.165, 1.54) is 0 Å². The molecule has 0 atom stereocenters. The maximum atomic E-state index is 12.2. The van der Waals surface area contributed by atoms with Crippen molar-refractivity contribution in [2.24, 2.45) is 5.73 Å². The first kappa shape index (κ1) is 14.1. The molecule has 0 saturated heterocycles. The number of thiazole rings is 1. The Balaban J connectivity index is 2.74. The smallest absolute Gasteiger partial charge is 0.242 e. The van der Waals surface area contributed by atoms with Crippen molar-refractivity contribution in [2.45, 2.75) is 45.7 Å². The molecule has 96 valence electrons. The molecule has 1 aromatic rings. The van der Waals surface area contributed by atoms with Crippen molar-refractivity contribution in [1.29, 1.82) is 0 Å². The number of aromatic nitrogens is 1. The van der Waals surface area contributed by atoms with Crippen molar-refractivity contribution < 1.29 is 4.79 Å². The van der Waals surface area contributed by atoms with E-state index in [1.807, 2.05) is 20.8 Å². The number of nitrogens with zero attached hydrogens (tertiary/aromatic N) is 2. The Morgan fingerprint density at radius 3 is 2.53 bits per heavy atom. The molecule has 0 aliphatic heterocycles. The quantitative estimate of drug-likeness (QED) is 0.874. The van der Waals surface area contributed by atoms with Crippen molar-refractivity contribution in [3.63, 3.8) is 0 Å². The van der Waals surface area contributed by atoms with Crippen molar-refractivity contribution in [1.82, 2.24) is 9.88 Å². The molecule has 0 bridgehead atoms. The third-order valence-electron chi connectivity index (χ3n) is 3.26. The molecule has 0 radical (unpaired) electrons. The van der Waals surface area contributed by atoms with Gasteiger partial charge >= 0.3 is 0 Å². The van der Waals surface area contributed by atoms with Crippen LogP contribution in [0.3, 0.4) is 0 Å². The number of carbonyl (C=O) groups excluding carboxylic acids is 1. The highest BCUT2D eigenvalue weighted by atomic mass is 32.1. The van der Waals surface area contributed by atoms with E-state index in [1.54, 1.807) is 28.8 Å². The average molecular weight is 255 g/mol. The van der Waals surface area contributed by atoms with Gasteiger partial charge in [0, 0.05) is 11.9 Å². The van der Waals surface area contributed by atoms with E-state index in [-0.39, 0.29) is 5.91 Å². The lowest BCUT2D eigenvalue weighted by atomic mass is 9.92. The summed E-state index contributed by atoms with van der Waals surface area (Å²) in [7, 11) is 1.80. The fraction of sp³-hybridized carbons (Fsp3) is 0.667. The van der Waals surface area contributed by atoms with Gasteiger partial charge in [-0.25, -0.2) is 4.98 Å². The summed E-state index contributed by atoms with van der Waals surface area (Å²) in [6, 6.07) is 0. The summed E-state index contributed by atoms with van der Waals surface area (Å²) >= 11 is 1.58. The molecule has 1 heterocycles. The number of carbonyl (C=O) groups is 1. The number of amides is 1. The van der Waals surface area contributed by atoms with Gasteiger partial charge < -0.3 is 10.6 Å². The zero-order chi connectivity index (χ0) is 13.1. The van der Waals surface area contributed by atoms with Crippen LogP contribution in [0, 0.1) is 6.92 Å². The molecule has 1 rings (SSSR count). The van der Waals surface area contributed by atoms with Crippen LogP contribution in [0.1, 0.15) is 37.3 Å². The standard InChI is InChI=1S/C12H21N3OS/c1-5-12(13,6-2)11(16)15(4)7-10-9(3)14-8-17-10/h8H,5-7,13H2,1-4H3. The Kier molecular flexibility index (Phi) is 4.65. The van der Waals surface area contributed by atoms with Crippen LogP contribution in [-0.2, 0) is 11.3 Å². The number of aryl methyl sites for hydroxylation is 1. The van der Waals surface area contributed by atoms with Crippen molar-refractivity contribution in [2.75, 3.05) is 7.05 Å². The molecule has 0 unspecified atom stereocenters. The molecular weight excluding hydrogens is 234 g/mol. The van der Waals surface area contributed by atoms with Crippen molar-refractivity contribution >= 4 is 17.2 Å². The Hall–Kier alpha value is -0.940. The number of rotatable bonds is 5. The van der Waals surface area contributed by atoms with E-state index < -0.39 is 5.54 Å². The second-order valence-corrected chi connectivity index (χ2v) is 5.32. The largest absolute Gasteiger partial charge is 0.339 e. The maximum Gasteiger partial charge on any atom is 0.242 e. The van der Waals surface area contributed by atoms with Crippen LogP contribution >= 0.6 is 11.3 Å². The molecule has 4 nitrogen and oxygen atoms in total. The minimum atomic E-state index is -0.729. The maximum absolute atomic E-state index is 12.2. The highest BCUT2D eigenvalue weighted by Crippen LogP contribution is 2.19. The first-order valence-corrected chi connectivity index (χ1v) is 6.76.